The molecule has 3 aromatic rings. The van der Waals surface area contributed by atoms with Crippen LogP contribution in [0.5, 0.6) is 0 Å². The molecule has 0 bridgehead atoms. The molecule has 0 unspecified atom stereocenters. The number of rotatable bonds is 11. The topological polar surface area (TPSA) is 131 Å². The lowest BCUT2D eigenvalue weighted by Crippen LogP contribution is -2.18. The van der Waals surface area contributed by atoms with Gasteiger partial charge in [-0.05, 0) is 29.7 Å². The molecule has 0 aliphatic rings. The van der Waals surface area contributed by atoms with Crippen LogP contribution in [0.2, 0.25) is 0 Å². The van der Waals surface area contributed by atoms with Gasteiger partial charge in [-0.15, -0.1) is 5.10 Å². The minimum atomic E-state index is -3.73. The van der Waals surface area contributed by atoms with Crippen LogP contribution in [0.25, 0.3) is 11.3 Å². The molecule has 4 N–H and O–H groups in total. The van der Waals surface area contributed by atoms with Crippen LogP contribution in [-0.2, 0) is 16.6 Å². The Morgan fingerprint density at radius 2 is 1.69 bits per heavy atom. The van der Waals surface area contributed by atoms with E-state index in [9.17, 15) is 18.6 Å². The standard InChI is InChI=1S/C23H30N4O4S/c1-2-3-4-5-6-22(28)23(29)19-9-7-17(8-10-19)15-27-16-21(25-26-27)18-11-13-20(14-12-18)32(24,30)31/h7-14,16,22-23,28-29H,2-6,15H2,1H3,(H2,24,30,31)/t22-,23+/m1/s1. The van der Waals surface area contributed by atoms with Crippen molar-refractivity contribution < 1.29 is 18.6 Å². The zero-order chi connectivity index (χ0) is 23.1. The normalized spacial score (nSPS) is 13.8. The Labute approximate surface area is 188 Å². The van der Waals surface area contributed by atoms with E-state index in [4.69, 9.17) is 5.14 Å². The summed E-state index contributed by atoms with van der Waals surface area (Å²) in [4.78, 5) is 0.0435. The lowest BCUT2D eigenvalue weighted by Gasteiger charge is -2.18. The van der Waals surface area contributed by atoms with Crippen LogP contribution in [0.1, 0.15) is 56.3 Å². The van der Waals surface area contributed by atoms with E-state index in [-0.39, 0.29) is 4.90 Å². The predicted octanol–water partition coefficient (Wildman–Crippen LogP) is 3.01. The fourth-order valence-electron chi connectivity index (χ4n) is 3.49. The van der Waals surface area contributed by atoms with E-state index in [1.165, 1.54) is 12.1 Å². The average Bonchev–Trinajstić information content (AvgIpc) is 3.24. The minimum absolute atomic E-state index is 0.0435. The van der Waals surface area contributed by atoms with Gasteiger partial charge in [0.15, 0.2) is 0 Å². The summed E-state index contributed by atoms with van der Waals surface area (Å²) in [5.41, 5.74) is 3.00. The smallest absolute Gasteiger partial charge is 0.238 e. The molecule has 0 radical (unpaired) electrons. The summed E-state index contributed by atoms with van der Waals surface area (Å²) >= 11 is 0. The van der Waals surface area contributed by atoms with Gasteiger partial charge in [-0.25, -0.2) is 18.2 Å². The summed E-state index contributed by atoms with van der Waals surface area (Å²) in [6.07, 6.45) is 4.94. The Kier molecular flexibility index (Phi) is 8.14. The summed E-state index contributed by atoms with van der Waals surface area (Å²) in [6, 6.07) is 13.6. The summed E-state index contributed by atoms with van der Waals surface area (Å²) in [5, 5.41) is 34.0. The number of nitrogens with two attached hydrogens (primary N) is 1. The predicted molar refractivity (Wildman–Crippen MR) is 122 cm³/mol. The molecule has 2 aromatic carbocycles. The van der Waals surface area contributed by atoms with E-state index >= 15 is 0 Å². The highest BCUT2D eigenvalue weighted by atomic mass is 32.2. The number of sulfonamides is 1. The molecule has 2 atom stereocenters. The molecule has 3 rings (SSSR count). The maximum absolute atomic E-state index is 11.4. The maximum Gasteiger partial charge on any atom is 0.238 e. The van der Waals surface area contributed by atoms with Crippen molar-refractivity contribution in [2.45, 2.75) is 62.7 Å². The molecule has 1 heterocycles. The average molecular weight is 459 g/mol. The molecule has 0 fully saturated rings. The van der Waals surface area contributed by atoms with Crippen molar-refractivity contribution in [1.82, 2.24) is 15.0 Å². The summed E-state index contributed by atoms with van der Waals surface area (Å²) in [5.74, 6) is 0. The molecule has 0 aliphatic carbocycles. The van der Waals surface area contributed by atoms with Gasteiger partial charge < -0.3 is 10.2 Å². The van der Waals surface area contributed by atoms with Gasteiger partial charge in [-0.3, -0.25) is 0 Å². The zero-order valence-electron chi connectivity index (χ0n) is 18.1. The van der Waals surface area contributed by atoms with Crippen LogP contribution in [0.3, 0.4) is 0 Å². The Morgan fingerprint density at radius 3 is 2.31 bits per heavy atom. The van der Waals surface area contributed by atoms with E-state index in [1.54, 1.807) is 23.0 Å². The van der Waals surface area contributed by atoms with Gasteiger partial charge in [-0.2, -0.15) is 0 Å². The van der Waals surface area contributed by atoms with Crippen molar-refractivity contribution in [2.75, 3.05) is 0 Å². The quantitative estimate of drug-likeness (QED) is 0.379. The Hall–Kier alpha value is -2.59. The van der Waals surface area contributed by atoms with Gasteiger partial charge in [0.25, 0.3) is 0 Å². The lowest BCUT2D eigenvalue weighted by atomic mass is 9.98. The minimum Gasteiger partial charge on any atom is -0.390 e. The zero-order valence-corrected chi connectivity index (χ0v) is 18.9. The third kappa shape index (κ3) is 6.46. The van der Waals surface area contributed by atoms with Crippen LogP contribution in [-0.4, -0.2) is 39.7 Å². The Morgan fingerprint density at radius 1 is 1.00 bits per heavy atom. The van der Waals surface area contributed by atoms with Crippen LogP contribution >= 0.6 is 0 Å². The first-order valence-corrected chi connectivity index (χ1v) is 12.3. The van der Waals surface area contributed by atoms with Gasteiger partial charge in [0.2, 0.25) is 10.0 Å². The molecule has 1 aromatic heterocycles. The van der Waals surface area contributed by atoms with Crippen molar-refractivity contribution in [3.05, 3.63) is 65.9 Å². The molecule has 0 amide bonds. The summed E-state index contributed by atoms with van der Waals surface area (Å²) in [7, 11) is -3.73. The van der Waals surface area contributed by atoms with Gasteiger partial charge in [0, 0.05) is 5.56 Å². The van der Waals surface area contributed by atoms with Crippen molar-refractivity contribution in [1.29, 1.82) is 0 Å². The second-order valence-corrected chi connectivity index (χ2v) is 9.54. The van der Waals surface area contributed by atoms with Crippen molar-refractivity contribution >= 4 is 10.0 Å². The van der Waals surface area contributed by atoms with E-state index in [2.05, 4.69) is 17.2 Å². The SMILES string of the molecule is CCCCCC[C@@H](O)[C@@H](O)c1ccc(Cn2cc(-c3ccc(S(N)(=O)=O)cc3)nn2)cc1. The van der Waals surface area contributed by atoms with Crippen LogP contribution in [0.4, 0.5) is 0 Å². The molecular weight excluding hydrogens is 428 g/mol. The van der Waals surface area contributed by atoms with Crippen LogP contribution < -0.4 is 5.14 Å². The number of hydrogen-bond acceptors (Lipinski definition) is 6. The van der Waals surface area contributed by atoms with Crippen molar-refractivity contribution in [3.63, 3.8) is 0 Å². The van der Waals surface area contributed by atoms with E-state index in [0.29, 0.717) is 24.2 Å². The molecule has 172 valence electrons. The van der Waals surface area contributed by atoms with Crippen molar-refractivity contribution in [2.24, 2.45) is 5.14 Å². The highest BCUT2D eigenvalue weighted by molar-refractivity contribution is 7.89. The monoisotopic (exact) mass is 458 g/mol. The third-order valence-corrected chi connectivity index (χ3v) is 6.33. The lowest BCUT2D eigenvalue weighted by molar-refractivity contribution is 0.0120. The Balaban J connectivity index is 1.60. The highest BCUT2D eigenvalue weighted by Gasteiger charge is 2.18. The number of hydrogen-bond donors (Lipinski definition) is 3. The molecule has 32 heavy (non-hydrogen) atoms. The fraction of sp³-hybridized carbons (Fsp3) is 0.391. The second-order valence-electron chi connectivity index (χ2n) is 7.97. The fourth-order valence-corrected chi connectivity index (χ4v) is 4.01. The van der Waals surface area contributed by atoms with Gasteiger partial charge in [-0.1, -0.05) is 74.2 Å². The summed E-state index contributed by atoms with van der Waals surface area (Å²) < 4.78 is 24.4. The molecular formula is C23H30N4O4S. The van der Waals surface area contributed by atoms with E-state index in [0.717, 1.165) is 36.8 Å². The number of primary sulfonamides is 1. The first kappa shape index (κ1) is 24.1. The number of aliphatic hydroxyl groups excluding tert-OH is 2. The Bertz CT molecular complexity index is 1100. The number of unbranched alkanes of at least 4 members (excludes halogenated alkanes) is 3. The third-order valence-electron chi connectivity index (χ3n) is 5.40. The number of aromatic nitrogens is 3. The molecule has 0 spiro atoms. The molecule has 0 aliphatic heterocycles. The first-order chi connectivity index (χ1) is 15.3. The van der Waals surface area contributed by atoms with Crippen molar-refractivity contribution in [3.8, 4) is 11.3 Å². The maximum atomic E-state index is 11.4. The highest BCUT2D eigenvalue weighted by Crippen LogP contribution is 2.22. The molecule has 0 saturated heterocycles. The molecule has 9 heteroatoms. The number of benzene rings is 2. The van der Waals surface area contributed by atoms with Gasteiger partial charge in [0.05, 0.1) is 23.7 Å². The molecule has 0 saturated carbocycles. The van der Waals surface area contributed by atoms with Gasteiger partial charge in [0.1, 0.15) is 11.8 Å². The first-order valence-electron chi connectivity index (χ1n) is 10.8. The van der Waals surface area contributed by atoms with Crippen LogP contribution in [0, 0.1) is 0 Å². The number of aliphatic hydroxyl groups is 2. The number of nitrogens with zero attached hydrogens (tertiary/aromatic N) is 3. The molecule has 8 nitrogen and oxygen atoms in total. The van der Waals surface area contributed by atoms with E-state index in [1.807, 2.05) is 24.3 Å². The van der Waals surface area contributed by atoms with Crippen LogP contribution in [0.15, 0.2) is 59.6 Å². The second kappa shape index (κ2) is 10.8. The van der Waals surface area contributed by atoms with E-state index < -0.39 is 22.2 Å². The summed E-state index contributed by atoms with van der Waals surface area (Å²) in [6.45, 7) is 2.62. The van der Waals surface area contributed by atoms with Gasteiger partial charge >= 0.3 is 0 Å². The largest absolute Gasteiger partial charge is 0.390 e.